The fraction of sp³-hybridized carbons (Fsp3) is 0.619. The third-order valence-corrected chi connectivity index (χ3v) is 6.31. The molecular weight excluding hydrogens is 322 g/mol. The molecule has 0 bridgehead atoms. The van der Waals surface area contributed by atoms with E-state index in [1.807, 2.05) is 6.20 Å². The number of aromatic nitrogens is 3. The first-order valence-corrected chi connectivity index (χ1v) is 10.1. The van der Waals surface area contributed by atoms with Crippen LogP contribution in [0.4, 0.5) is 0 Å². The summed E-state index contributed by atoms with van der Waals surface area (Å²) < 4.78 is 2.06. The molecule has 1 saturated carbocycles. The number of hydrogen-bond donors (Lipinski definition) is 0. The van der Waals surface area contributed by atoms with Crippen molar-refractivity contribution in [3.05, 3.63) is 47.8 Å². The molecule has 1 saturated heterocycles. The Hall–Kier alpha value is -1.72. The number of rotatable bonds is 5. The van der Waals surface area contributed by atoms with Crippen molar-refractivity contribution in [1.82, 2.24) is 24.8 Å². The molecule has 26 heavy (non-hydrogen) atoms. The van der Waals surface area contributed by atoms with Crippen LogP contribution in [-0.2, 0) is 6.54 Å². The minimum Gasteiger partial charge on any atom is -0.292 e. The Morgan fingerprint density at radius 1 is 1.08 bits per heavy atom. The lowest BCUT2D eigenvalue weighted by atomic mass is 9.88. The second-order valence-corrected chi connectivity index (χ2v) is 8.16. The van der Waals surface area contributed by atoms with E-state index >= 15 is 0 Å². The molecule has 0 N–H and O–H groups in total. The normalized spacial score (nSPS) is 26.6. The topological polar surface area (TPSA) is 37.2 Å². The van der Waals surface area contributed by atoms with Gasteiger partial charge in [0, 0.05) is 31.2 Å². The summed E-state index contributed by atoms with van der Waals surface area (Å²) in [6, 6.07) is 12.9. The van der Waals surface area contributed by atoms with Gasteiger partial charge in [0.25, 0.3) is 0 Å². The third kappa shape index (κ3) is 3.42. The van der Waals surface area contributed by atoms with Gasteiger partial charge in [-0.1, -0.05) is 42.0 Å². The minimum atomic E-state index is 0.335. The molecule has 5 heteroatoms. The van der Waals surface area contributed by atoms with E-state index in [0.29, 0.717) is 18.1 Å². The highest BCUT2D eigenvalue weighted by Gasteiger charge is 2.38. The second-order valence-electron chi connectivity index (χ2n) is 8.16. The monoisotopic (exact) mass is 353 g/mol. The molecule has 3 unspecified atom stereocenters. The Kier molecular flexibility index (Phi) is 5.09. The smallest absolute Gasteiger partial charge is 0.0759 e. The van der Waals surface area contributed by atoms with E-state index in [0.717, 1.165) is 25.7 Å². The van der Waals surface area contributed by atoms with E-state index in [9.17, 15) is 0 Å². The van der Waals surface area contributed by atoms with Gasteiger partial charge in [0.2, 0.25) is 0 Å². The van der Waals surface area contributed by atoms with Crippen molar-refractivity contribution in [1.29, 1.82) is 0 Å². The van der Waals surface area contributed by atoms with Gasteiger partial charge in [0.1, 0.15) is 0 Å². The molecule has 0 amide bonds. The first kappa shape index (κ1) is 17.7. The molecule has 140 valence electrons. The average Bonchev–Trinajstić information content (AvgIpc) is 3.04. The van der Waals surface area contributed by atoms with Crippen LogP contribution >= 0.6 is 0 Å². The molecule has 2 heterocycles. The Morgan fingerprint density at radius 2 is 1.77 bits per heavy atom. The minimum absolute atomic E-state index is 0.335. The predicted octanol–water partition coefficient (Wildman–Crippen LogP) is 3.33. The van der Waals surface area contributed by atoms with Crippen LogP contribution in [0.2, 0.25) is 0 Å². The fourth-order valence-corrected chi connectivity index (χ4v) is 4.75. The Bertz CT molecular complexity index is 696. The Labute approximate surface area is 157 Å². The van der Waals surface area contributed by atoms with Crippen LogP contribution in [0.25, 0.3) is 0 Å². The molecule has 5 nitrogen and oxygen atoms in total. The quantitative estimate of drug-likeness (QED) is 0.826. The summed E-state index contributed by atoms with van der Waals surface area (Å²) in [6.07, 6.45) is 6.13. The fourth-order valence-electron chi connectivity index (χ4n) is 4.75. The summed E-state index contributed by atoms with van der Waals surface area (Å²) in [5, 5.41) is 8.57. The van der Waals surface area contributed by atoms with E-state index in [2.05, 4.69) is 75.9 Å². The van der Waals surface area contributed by atoms with Gasteiger partial charge in [-0.15, -0.1) is 5.10 Å². The number of hydrogen-bond acceptors (Lipinski definition) is 4. The molecule has 2 fully saturated rings. The summed E-state index contributed by atoms with van der Waals surface area (Å²) in [5.41, 5.74) is 2.48. The zero-order valence-corrected chi connectivity index (χ0v) is 16.3. The number of piperazine rings is 1. The highest BCUT2D eigenvalue weighted by molar-refractivity contribution is 5.16. The van der Waals surface area contributed by atoms with Crippen LogP contribution in [0.3, 0.4) is 0 Å². The van der Waals surface area contributed by atoms with E-state index in [1.165, 1.54) is 30.5 Å². The van der Waals surface area contributed by atoms with E-state index < -0.39 is 0 Å². The van der Waals surface area contributed by atoms with Crippen molar-refractivity contribution in [2.45, 2.75) is 70.7 Å². The third-order valence-electron chi connectivity index (χ3n) is 6.31. The van der Waals surface area contributed by atoms with Crippen LogP contribution in [-0.4, -0.2) is 56.0 Å². The number of nitrogens with zero attached hydrogens (tertiary/aromatic N) is 5. The molecule has 1 aromatic heterocycles. The van der Waals surface area contributed by atoms with Gasteiger partial charge in [-0.2, -0.15) is 0 Å². The molecule has 2 aliphatic rings. The molecule has 1 aliphatic carbocycles. The van der Waals surface area contributed by atoms with Gasteiger partial charge < -0.3 is 0 Å². The standard InChI is InChI=1S/C21H31N5/c1-16-13-24(14-17(2)26(16)20-10-7-11-20)18(3)21-12-22-23-25(21)15-19-8-5-4-6-9-19/h4-6,8-9,12,16-18,20H,7,10-11,13-15H2,1-3H3. The summed E-state index contributed by atoms with van der Waals surface area (Å²) in [5.74, 6) is 0. The van der Waals surface area contributed by atoms with Crippen molar-refractivity contribution >= 4 is 0 Å². The zero-order valence-electron chi connectivity index (χ0n) is 16.3. The highest BCUT2D eigenvalue weighted by Crippen LogP contribution is 2.33. The molecule has 1 aromatic carbocycles. The van der Waals surface area contributed by atoms with Crippen molar-refractivity contribution in [3.63, 3.8) is 0 Å². The second kappa shape index (κ2) is 7.49. The molecule has 0 spiro atoms. The SMILES string of the molecule is CC(c1cnnn1Cc1ccccc1)N1CC(C)N(C2CCC2)C(C)C1. The van der Waals surface area contributed by atoms with E-state index in [4.69, 9.17) is 0 Å². The lowest BCUT2D eigenvalue weighted by molar-refractivity contribution is -0.0313. The zero-order chi connectivity index (χ0) is 18.1. The average molecular weight is 354 g/mol. The van der Waals surface area contributed by atoms with E-state index in [-0.39, 0.29) is 0 Å². The Morgan fingerprint density at radius 3 is 2.38 bits per heavy atom. The molecule has 2 aromatic rings. The molecule has 3 atom stereocenters. The molecule has 0 radical (unpaired) electrons. The summed E-state index contributed by atoms with van der Waals surface area (Å²) in [4.78, 5) is 5.39. The number of benzene rings is 1. The maximum Gasteiger partial charge on any atom is 0.0759 e. The van der Waals surface area contributed by atoms with Crippen molar-refractivity contribution in [2.24, 2.45) is 0 Å². The summed E-state index contributed by atoms with van der Waals surface area (Å²) in [6.45, 7) is 10.1. The molecule has 4 rings (SSSR count). The first-order chi connectivity index (χ1) is 12.6. The van der Waals surface area contributed by atoms with Crippen LogP contribution < -0.4 is 0 Å². The maximum atomic E-state index is 4.36. The largest absolute Gasteiger partial charge is 0.292 e. The molecular formula is C21H31N5. The lowest BCUT2D eigenvalue weighted by Crippen LogP contribution is -2.61. The molecule has 1 aliphatic heterocycles. The van der Waals surface area contributed by atoms with Crippen molar-refractivity contribution in [2.75, 3.05) is 13.1 Å². The van der Waals surface area contributed by atoms with Gasteiger partial charge in [0.15, 0.2) is 0 Å². The van der Waals surface area contributed by atoms with Crippen molar-refractivity contribution < 1.29 is 0 Å². The van der Waals surface area contributed by atoms with Crippen molar-refractivity contribution in [3.8, 4) is 0 Å². The predicted molar refractivity (Wildman–Crippen MR) is 104 cm³/mol. The van der Waals surface area contributed by atoms with Gasteiger partial charge in [0.05, 0.1) is 24.5 Å². The van der Waals surface area contributed by atoms with Crippen LogP contribution in [0.15, 0.2) is 36.5 Å². The first-order valence-electron chi connectivity index (χ1n) is 10.1. The van der Waals surface area contributed by atoms with Gasteiger partial charge in [-0.25, -0.2) is 4.68 Å². The maximum absolute atomic E-state index is 4.36. The summed E-state index contributed by atoms with van der Waals surface area (Å²) >= 11 is 0. The van der Waals surface area contributed by atoms with E-state index in [1.54, 1.807) is 0 Å². The van der Waals surface area contributed by atoms with Gasteiger partial charge >= 0.3 is 0 Å². The van der Waals surface area contributed by atoms with Gasteiger partial charge in [-0.3, -0.25) is 9.80 Å². The van der Waals surface area contributed by atoms with Crippen LogP contribution in [0.1, 0.15) is 57.3 Å². The van der Waals surface area contributed by atoms with Gasteiger partial charge in [-0.05, 0) is 39.2 Å². The Balaban J connectivity index is 1.46. The van der Waals surface area contributed by atoms with Crippen LogP contribution in [0.5, 0.6) is 0 Å². The highest BCUT2D eigenvalue weighted by atomic mass is 15.4. The summed E-state index contributed by atoms with van der Waals surface area (Å²) in [7, 11) is 0. The van der Waals surface area contributed by atoms with Crippen LogP contribution in [0, 0.1) is 0 Å². The lowest BCUT2D eigenvalue weighted by Gasteiger charge is -2.52.